The molecule has 0 fully saturated rings. The number of hydrogen-bond acceptors (Lipinski definition) is 21. The molecule has 318 valence electrons. The topological polar surface area (TPSA) is 299 Å². The molecule has 0 aliphatic rings. The Bertz CT molecular complexity index is 2880. The van der Waals surface area contributed by atoms with Crippen molar-refractivity contribution in [2.24, 2.45) is 30.7 Å². The number of phenolic OH excluding ortho intramolecular Hbond substituents is 2. The monoisotopic (exact) mass is 903 g/mol. The van der Waals surface area contributed by atoms with Crippen molar-refractivity contribution >= 4 is 96.9 Å². The van der Waals surface area contributed by atoms with Gasteiger partial charge in [-0.05, 0) is 102 Å². The van der Waals surface area contributed by atoms with Crippen LogP contribution in [-0.4, -0.2) is 45.7 Å². The van der Waals surface area contributed by atoms with E-state index in [2.05, 4.69) is 49.4 Å². The Morgan fingerprint density at radius 3 is 2.00 bits per heavy atom. The van der Waals surface area contributed by atoms with Gasteiger partial charge in [0.15, 0.2) is 5.75 Å². The van der Waals surface area contributed by atoms with Crippen LogP contribution in [0.3, 0.4) is 0 Å². The number of nitro benzene ring substituents is 1. The highest BCUT2D eigenvalue weighted by molar-refractivity contribution is 7.95. The highest BCUT2D eigenvalue weighted by Gasteiger charge is 2.20. The number of benzene rings is 6. The zero-order valence-electron chi connectivity index (χ0n) is 31.7. The largest absolute Gasteiger partial charge is 0.508 e. The lowest BCUT2D eigenvalue weighted by atomic mass is 10.1. The van der Waals surface area contributed by atoms with Gasteiger partial charge in [0.1, 0.15) is 27.8 Å². The van der Waals surface area contributed by atoms with E-state index in [1.165, 1.54) is 37.5 Å². The second-order valence-electron chi connectivity index (χ2n) is 12.4. The number of azo groups is 3. The van der Waals surface area contributed by atoms with E-state index in [1.807, 2.05) is 0 Å². The van der Waals surface area contributed by atoms with Gasteiger partial charge in [0.25, 0.3) is 15.8 Å². The fourth-order valence-corrected chi connectivity index (χ4v) is 7.20. The minimum atomic E-state index is -4.83. The normalized spacial score (nSPS) is 12.1. The predicted molar refractivity (Wildman–Crippen MR) is 224 cm³/mol. The number of aryl methyl sites for hydroxylation is 1. The molecule has 0 aromatic heterocycles. The molecule has 21 nitrogen and oxygen atoms in total. The molecule has 0 atom stereocenters. The number of nitro groups is 1. The van der Waals surface area contributed by atoms with Crippen LogP contribution in [0.2, 0.25) is 0 Å². The van der Waals surface area contributed by atoms with Crippen LogP contribution in [0.5, 0.6) is 17.2 Å². The maximum atomic E-state index is 12.0. The van der Waals surface area contributed by atoms with Crippen LogP contribution in [0.25, 0.3) is 22.9 Å². The molecule has 62 heavy (non-hydrogen) atoms. The van der Waals surface area contributed by atoms with Crippen molar-refractivity contribution in [2.75, 3.05) is 7.11 Å². The Kier molecular flexibility index (Phi) is 14.6. The average molecular weight is 904 g/mol. The number of aromatic hydroxyl groups is 2. The van der Waals surface area contributed by atoms with Gasteiger partial charge in [0.05, 0.1) is 63.8 Å². The quantitative estimate of drug-likeness (QED) is 0.0108. The first kappa shape index (κ1) is 44.8. The van der Waals surface area contributed by atoms with Crippen LogP contribution < -0.4 is 4.74 Å². The summed E-state index contributed by atoms with van der Waals surface area (Å²) in [5.41, 5.74) is 2.20. The van der Waals surface area contributed by atoms with Gasteiger partial charge in [-0.25, -0.2) is 10.5 Å². The molecule has 0 radical (unpaired) electrons. The van der Waals surface area contributed by atoms with Crippen LogP contribution in [-0.2, 0) is 28.9 Å². The number of rotatable bonds is 17. The van der Waals surface area contributed by atoms with Gasteiger partial charge in [-0.3, -0.25) is 14.7 Å². The summed E-state index contributed by atoms with van der Waals surface area (Å²) < 4.78 is 48.5. The standard InChI is InChI=1S/C38H29N7O14S3/c1-21-15-32(43-44-37-35(61-59-57-51)17-24-16-26(10-14-30(24)38(37)47)40-39-25-8-12-29(46)13-9-25)33(55-2)20-31(21)42-41-27-7-5-22(34(18-27)60-58-56-50)3-4-23-6-11-28(45(48)49)19-36(23)62(52,53)54/h3-20,46-47,50-51H,1-2H3,(H,52,53,54). The molecule has 0 saturated carbocycles. The second kappa shape index (κ2) is 20.2. The lowest BCUT2D eigenvalue weighted by Gasteiger charge is -2.10. The van der Waals surface area contributed by atoms with E-state index in [-0.39, 0.29) is 39.1 Å². The molecule has 0 saturated heterocycles. The van der Waals surface area contributed by atoms with Crippen LogP contribution in [0.4, 0.5) is 39.8 Å². The Hall–Kier alpha value is -6.71. The number of ether oxygens (including phenoxy) is 1. The van der Waals surface area contributed by atoms with Gasteiger partial charge < -0.3 is 14.9 Å². The molecular formula is C38H29N7O14S3. The molecule has 0 aliphatic heterocycles. The molecule has 0 bridgehead atoms. The van der Waals surface area contributed by atoms with E-state index in [9.17, 15) is 33.3 Å². The van der Waals surface area contributed by atoms with Crippen LogP contribution in [0.1, 0.15) is 16.7 Å². The third-order valence-corrected chi connectivity index (χ3v) is 10.6. The van der Waals surface area contributed by atoms with Crippen molar-refractivity contribution in [1.29, 1.82) is 0 Å². The first-order valence-electron chi connectivity index (χ1n) is 17.2. The number of phenols is 2. The van der Waals surface area contributed by atoms with Gasteiger partial charge in [-0.15, -0.1) is 18.9 Å². The summed E-state index contributed by atoms with van der Waals surface area (Å²) >= 11 is 1.12. The van der Waals surface area contributed by atoms with Gasteiger partial charge in [0.2, 0.25) is 0 Å². The number of methoxy groups -OCH3 is 1. The minimum absolute atomic E-state index is 0.0318. The lowest BCUT2D eigenvalue weighted by Crippen LogP contribution is -2.02. The van der Waals surface area contributed by atoms with Crippen LogP contribution >= 0.6 is 24.1 Å². The highest BCUT2D eigenvalue weighted by Crippen LogP contribution is 2.46. The Balaban J connectivity index is 1.26. The van der Waals surface area contributed by atoms with Crippen molar-refractivity contribution < 1.29 is 62.1 Å². The van der Waals surface area contributed by atoms with Gasteiger partial charge in [0, 0.05) is 28.5 Å². The summed E-state index contributed by atoms with van der Waals surface area (Å²) in [6.45, 7) is 1.73. The molecule has 0 amide bonds. The molecule has 6 aromatic carbocycles. The summed E-state index contributed by atoms with van der Waals surface area (Å²) in [7, 11) is -3.43. The van der Waals surface area contributed by atoms with Crippen molar-refractivity contribution in [2.45, 2.75) is 21.6 Å². The molecule has 0 spiro atoms. The van der Waals surface area contributed by atoms with E-state index in [4.69, 9.17) is 15.3 Å². The zero-order chi connectivity index (χ0) is 44.4. The Labute approximate surface area is 358 Å². The molecule has 0 aliphatic carbocycles. The fourth-order valence-electron chi connectivity index (χ4n) is 5.50. The number of nitrogens with zero attached hydrogens (tertiary/aromatic N) is 7. The fraction of sp³-hybridized carbons (Fsp3) is 0.0526. The lowest BCUT2D eigenvalue weighted by molar-refractivity contribution is -0.432. The maximum absolute atomic E-state index is 12.0. The summed E-state index contributed by atoms with van der Waals surface area (Å²) in [6, 6.07) is 23.4. The predicted octanol–water partition coefficient (Wildman–Crippen LogP) is 12.0. The third kappa shape index (κ3) is 11.2. The number of hydrogen-bond donors (Lipinski definition) is 5. The molecule has 5 N–H and O–H groups in total. The molecule has 0 heterocycles. The van der Waals surface area contributed by atoms with E-state index < -0.39 is 25.6 Å². The first-order chi connectivity index (χ1) is 29.8. The second-order valence-corrected chi connectivity index (χ2v) is 15.2. The van der Waals surface area contributed by atoms with Crippen molar-refractivity contribution in [1.82, 2.24) is 0 Å². The molecule has 6 aromatic rings. The van der Waals surface area contributed by atoms with Crippen molar-refractivity contribution in [3.63, 3.8) is 0 Å². The summed E-state index contributed by atoms with van der Waals surface area (Å²) in [5.74, 6) is 0.0372. The van der Waals surface area contributed by atoms with Crippen LogP contribution in [0.15, 0.2) is 142 Å². The summed E-state index contributed by atoms with van der Waals surface area (Å²) in [4.78, 5) is 10.2. The molecular weight excluding hydrogens is 875 g/mol. The zero-order valence-corrected chi connectivity index (χ0v) is 34.1. The summed E-state index contributed by atoms with van der Waals surface area (Å²) in [5, 5.41) is 83.7. The SMILES string of the molecule is COc1cc(N=Nc2ccc(C=Cc3ccc([N+](=O)[O-])cc3S(=O)(=O)O)c(SOOO)c2)c(C)cc1N=Nc1c(SOOO)cc2cc(N=Nc3ccc(O)cc3)ccc2c1O. The Morgan fingerprint density at radius 2 is 1.31 bits per heavy atom. The highest BCUT2D eigenvalue weighted by atomic mass is 32.2. The van der Waals surface area contributed by atoms with Crippen molar-refractivity contribution in [3.05, 3.63) is 124 Å². The third-order valence-electron chi connectivity index (χ3n) is 8.43. The molecule has 6 rings (SSSR count). The maximum Gasteiger partial charge on any atom is 0.295 e. The minimum Gasteiger partial charge on any atom is -0.508 e. The average Bonchev–Trinajstić information content (AvgIpc) is 3.25. The summed E-state index contributed by atoms with van der Waals surface area (Å²) in [6.07, 6.45) is 2.73. The number of non-ortho nitro benzene ring substituents is 1. The smallest absolute Gasteiger partial charge is 0.295 e. The van der Waals surface area contributed by atoms with E-state index in [0.29, 0.717) is 73.6 Å². The van der Waals surface area contributed by atoms with E-state index >= 15 is 0 Å². The van der Waals surface area contributed by atoms with E-state index in [1.54, 1.807) is 67.6 Å². The molecule has 24 heteroatoms. The number of fused-ring (bicyclic) bond motifs is 1. The van der Waals surface area contributed by atoms with Crippen molar-refractivity contribution in [3.8, 4) is 17.2 Å². The van der Waals surface area contributed by atoms with E-state index in [0.717, 1.165) is 18.2 Å². The van der Waals surface area contributed by atoms with Gasteiger partial charge >= 0.3 is 0 Å². The molecule has 0 unspecified atom stereocenters. The van der Waals surface area contributed by atoms with Gasteiger partial charge in [-0.1, -0.05) is 28.3 Å². The van der Waals surface area contributed by atoms with Gasteiger partial charge in [-0.2, -0.15) is 28.9 Å². The first-order valence-corrected chi connectivity index (χ1v) is 20.1. The Morgan fingerprint density at radius 1 is 0.694 bits per heavy atom. The van der Waals surface area contributed by atoms with Crippen LogP contribution in [0, 0.1) is 17.0 Å².